The fraction of sp³-hybridized carbons (Fsp3) is 0.947. The average Bonchev–Trinajstić information content (AvgIpc) is 2.51. The van der Waals surface area contributed by atoms with Crippen LogP contribution in [0.25, 0.3) is 0 Å². The Hall–Kier alpha value is -0.280. The number of halogens is 1. The van der Waals surface area contributed by atoms with E-state index in [2.05, 4.69) is 45.0 Å². The van der Waals surface area contributed by atoms with Gasteiger partial charge in [0, 0.05) is 25.8 Å². The van der Waals surface area contributed by atoms with E-state index in [0.29, 0.717) is 6.42 Å². The van der Waals surface area contributed by atoms with Gasteiger partial charge in [-0.2, -0.15) is 0 Å². The number of nitrogens with one attached hydrogen (secondary N) is 1. The molecule has 0 fully saturated rings. The van der Waals surface area contributed by atoms with Crippen molar-refractivity contribution in [2.45, 2.75) is 77.6 Å². The predicted molar refractivity (Wildman–Crippen MR) is 104 cm³/mol. The van der Waals surface area contributed by atoms with Gasteiger partial charge in [0.15, 0.2) is 0 Å². The molecule has 1 amide bonds. The number of carbonyl (C=O) groups excluding carboxylic acids is 1. The van der Waals surface area contributed by atoms with Gasteiger partial charge < -0.3 is 9.80 Å². The van der Waals surface area contributed by atoms with Gasteiger partial charge in [-0.15, -0.1) is 11.6 Å². The van der Waals surface area contributed by atoms with Crippen molar-refractivity contribution in [1.29, 1.82) is 0 Å². The standard InChI is InChI=1S/C18H38N2O.CH3Cl/c1-5-6-7-8-9-10-11-12-13-15-18(21)19-16-14-17-20(2,3)4;1-2/h5-17H2,1-4H3;1H3/p+1. The Morgan fingerprint density at radius 3 is 1.78 bits per heavy atom. The number of rotatable bonds is 14. The van der Waals surface area contributed by atoms with E-state index in [-0.39, 0.29) is 5.91 Å². The van der Waals surface area contributed by atoms with Crippen LogP contribution in [0.2, 0.25) is 0 Å². The summed E-state index contributed by atoms with van der Waals surface area (Å²) in [5.41, 5.74) is 0. The van der Waals surface area contributed by atoms with Gasteiger partial charge in [-0.25, -0.2) is 0 Å². The summed E-state index contributed by atoms with van der Waals surface area (Å²) in [6.07, 6.45) is 15.0. The van der Waals surface area contributed by atoms with Crippen LogP contribution in [0, 0.1) is 0 Å². The summed E-state index contributed by atoms with van der Waals surface area (Å²) < 4.78 is 0.966. The highest BCUT2D eigenvalue weighted by atomic mass is 35.5. The summed E-state index contributed by atoms with van der Waals surface area (Å²) in [4.78, 5) is 11.7. The number of hydrogen-bond donors (Lipinski definition) is 1. The van der Waals surface area contributed by atoms with Crippen LogP contribution in [0.5, 0.6) is 0 Å². The summed E-state index contributed by atoms with van der Waals surface area (Å²) in [6, 6.07) is 0. The molecule has 0 spiro atoms. The number of amides is 1. The normalized spacial score (nSPS) is 10.9. The highest BCUT2D eigenvalue weighted by Crippen LogP contribution is 2.10. The summed E-state index contributed by atoms with van der Waals surface area (Å²) in [5.74, 6) is 0.236. The number of hydrogen-bond acceptors (Lipinski definition) is 1. The fourth-order valence-electron chi connectivity index (χ4n) is 2.47. The fourth-order valence-corrected chi connectivity index (χ4v) is 2.47. The smallest absolute Gasteiger partial charge is 0.219 e. The minimum atomic E-state index is 0.236. The van der Waals surface area contributed by atoms with E-state index in [9.17, 15) is 4.79 Å². The Labute approximate surface area is 150 Å². The lowest BCUT2D eigenvalue weighted by atomic mass is 10.1. The van der Waals surface area contributed by atoms with Crippen molar-refractivity contribution in [3.05, 3.63) is 0 Å². The van der Waals surface area contributed by atoms with Gasteiger partial charge in [0.05, 0.1) is 27.7 Å². The van der Waals surface area contributed by atoms with Crippen molar-refractivity contribution in [3.8, 4) is 0 Å². The van der Waals surface area contributed by atoms with Gasteiger partial charge in [-0.3, -0.25) is 4.79 Å². The predicted octanol–water partition coefficient (Wildman–Crippen LogP) is 4.97. The second-order valence-corrected chi connectivity index (χ2v) is 7.30. The van der Waals surface area contributed by atoms with Gasteiger partial charge in [0.25, 0.3) is 0 Å². The van der Waals surface area contributed by atoms with Crippen molar-refractivity contribution in [1.82, 2.24) is 5.32 Å². The lowest BCUT2D eigenvalue weighted by Gasteiger charge is -2.23. The van der Waals surface area contributed by atoms with E-state index in [1.165, 1.54) is 57.7 Å². The van der Waals surface area contributed by atoms with Crippen LogP contribution < -0.4 is 5.32 Å². The van der Waals surface area contributed by atoms with Crippen LogP contribution in [0.1, 0.15) is 77.6 Å². The summed E-state index contributed by atoms with van der Waals surface area (Å²) in [6.45, 7) is 4.19. The molecule has 0 rings (SSSR count). The maximum atomic E-state index is 11.7. The minimum Gasteiger partial charge on any atom is -0.356 e. The molecule has 4 heteroatoms. The Balaban J connectivity index is 0. The maximum Gasteiger partial charge on any atom is 0.219 e. The molecule has 0 radical (unpaired) electrons. The Kier molecular flexibility index (Phi) is 19.6. The van der Waals surface area contributed by atoms with Gasteiger partial charge in [-0.1, -0.05) is 58.3 Å². The third kappa shape index (κ3) is 24.1. The summed E-state index contributed by atoms with van der Waals surface area (Å²) in [5, 5.41) is 3.03. The van der Waals surface area contributed by atoms with E-state index in [1.54, 1.807) is 0 Å². The third-order valence-electron chi connectivity index (χ3n) is 3.84. The van der Waals surface area contributed by atoms with Gasteiger partial charge >= 0.3 is 0 Å². The highest BCUT2D eigenvalue weighted by molar-refractivity contribution is 6.15. The number of carbonyl (C=O) groups is 1. The van der Waals surface area contributed by atoms with E-state index in [1.807, 2.05) is 0 Å². The van der Waals surface area contributed by atoms with Crippen LogP contribution in [-0.2, 0) is 4.79 Å². The van der Waals surface area contributed by atoms with E-state index >= 15 is 0 Å². The second-order valence-electron chi connectivity index (χ2n) is 7.30. The van der Waals surface area contributed by atoms with Crippen molar-refractivity contribution in [3.63, 3.8) is 0 Å². The van der Waals surface area contributed by atoms with Crippen LogP contribution >= 0.6 is 11.6 Å². The zero-order valence-electron chi connectivity index (χ0n) is 16.4. The first kappa shape index (κ1) is 25.0. The monoisotopic (exact) mass is 349 g/mol. The van der Waals surface area contributed by atoms with Crippen molar-refractivity contribution in [2.75, 3.05) is 40.6 Å². The molecule has 1 N–H and O–H groups in total. The lowest BCUT2D eigenvalue weighted by molar-refractivity contribution is -0.870. The Morgan fingerprint density at radius 1 is 0.826 bits per heavy atom. The van der Waals surface area contributed by atoms with Crippen LogP contribution in [-0.4, -0.2) is 51.0 Å². The topological polar surface area (TPSA) is 29.1 Å². The summed E-state index contributed by atoms with van der Waals surface area (Å²) >= 11 is 4.64. The lowest BCUT2D eigenvalue weighted by Crippen LogP contribution is -2.37. The zero-order chi connectivity index (χ0) is 18.0. The quantitative estimate of drug-likeness (QED) is 0.267. The average molecular weight is 350 g/mol. The molecule has 0 aromatic rings. The first-order valence-corrected chi connectivity index (χ1v) is 10.2. The third-order valence-corrected chi connectivity index (χ3v) is 3.84. The first-order valence-electron chi connectivity index (χ1n) is 9.40. The number of alkyl halides is 1. The molecule has 0 aromatic carbocycles. The molecular weight excluding hydrogens is 308 g/mol. The molecule has 0 saturated carbocycles. The molecule has 23 heavy (non-hydrogen) atoms. The molecule has 0 atom stereocenters. The Morgan fingerprint density at radius 2 is 1.30 bits per heavy atom. The molecule has 140 valence electrons. The highest BCUT2D eigenvalue weighted by Gasteiger charge is 2.06. The second kappa shape index (κ2) is 18.1. The molecule has 3 nitrogen and oxygen atoms in total. The van der Waals surface area contributed by atoms with E-state index < -0.39 is 0 Å². The molecule has 0 aliphatic heterocycles. The SMILES string of the molecule is CCCCCCCCCCCC(=O)NCCC[N+](C)(C)C.CCl. The zero-order valence-corrected chi connectivity index (χ0v) is 17.2. The van der Waals surface area contributed by atoms with Gasteiger partial charge in [-0.05, 0) is 6.42 Å². The first-order chi connectivity index (χ1) is 11.0. The number of quaternary nitrogens is 1. The Bertz CT molecular complexity index is 252. The molecule has 0 aliphatic rings. The van der Waals surface area contributed by atoms with Gasteiger partial charge in [0.1, 0.15) is 0 Å². The molecule has 0 aliphatic carbocycles. The van der Waals surface area contributed by atoms with Crippen molar-refractivity contribution in [2.24, 2.45) is 0 Å². The largest absolute Gasteiger partial charge is 0.356 e. The maximum absolute atomic E-state index is 11.7. The molecule has 0 heterocycles. The van der Waals surface area contributed by atoms with Crippen LogP contribution in [0.4, 0.5) is 0 Å². The van der Waals surface area contributed by atoms with E-state index in [4.69, 9.17) is 0 Å². The van der Waals surface area contributed by atoms with Gasteiger partial charge in [0.2, 0.25) is 5.91 Å². The molecular formula is C19H42ClN2O+. The van der Waals surface area contributed by atoms with Crippen molar-refractivity contribution < 1.29 is 9.28 Å². The molecule has 0 aromatic heterocycles. The van der Waals surface area contributed by atoms with E-state index in [0.717, 1.165) is 30.4 Å². The minimum absolute atomic E-state index is 0.236. The van der Waals surface area contributed by atoms with Crippen molar-refractivity contribution >= 4 is 17.5 Å². The molecule has 0 saturated heterocycles. The van der Waals surface area contributed by atoms with Crippen LogP contribution in [0.15, 0.2) is 0 Å². The molecule has 0 unspecified atom stereocenters. The number of nitrogens with zero attached hydrogens (tertiary/aromatic N) is 1. The summed E-state index contributed by atoms with van der Waals surface area (Å²) in [7, 11) is 6.55. The van der Waals surface area contributed by atoms with Crippen LogP contribution in [0.3, 0.4) is 0 Å². The molecule has 0 bridgehead atoms. The number of unbranched alkanes of at least 4 members (excludes halogenated alkanes) is 8.